The van der Waals surface area contributed by atoms with Crippen LogP contribution in [0.3, 0.4) is 0 Å². The van der Waals surface area contributed by atoms with E-state index in [9.17, 15) is 0 Å². The van der Waals surface area contributed by atoms with E-state index in [1.807, 2.05) is 31.2 Å². The lowest BCUT2D eigenvalue weighted by molar-refractivity contribution is 1.13. The Balaban J connectivity index is 2.32. The van der Waals surface area contributed by atoms with E-state index in [0.717, 1.165) is 15.5 Å². The maximum absolute atomic E-state index is 9.03. The van der Waals surface area contributed by atoms with Crippen molar-refractivity contribution < 1.29 is 0 Å². The molecule has 0 fully saturated rings. The van der Waals surface area contributed by atoms with Gasteiger partial charge < -0.3 is 0 Å². The first-order chi connectivity index (χ1) is 8.19. The fourth-order valence-corrected chi connectivity index (χ4v) is 2.39. The van der Waals surface area contributed by atoms with Gasteiger partial charge in [-0.15, -0.1) is 0 Å². The minimum Gasteiger partial charge on any atom is -0.248 e. The Hall–Kier alpha value is -1.50. The smallest absolute Gasteiger partial charge is 0.101 e. The number of aromatic nitrogens is 1. The highest BCUT2D eigenvalue weighted by atomic mass is 35.5. The van der Waals surface area contributed by atoms with E-state index in [1.54, 1.807) is 12.3 Å². The number of hydrogen-bond donors (Lipinski definition) is 0. The molecule has 0 bridgehead atoms. The summed E-state index contributed by atoms with van der Waals surface area (Å²) in [6.45, 7) is 2.00. The Morgan fingerprint density at radius 1 is 1.29 bits per heavy atom. The van der Waals surface area contributed by atoms with E-state index in [0.29, 0.717) is 10.6 Å². The number of halogens is 1. The number of hydrogen-bond acceptors (Lipinski definition) is 3. The van der Waals surface area contributed by atoms with Crippen LogP contribution < -0.4 is 0 Å². The van der Waals surface area contributed by atoms with Crippen LogP contribution >= 0.6 is 23.4 Å². The van der Waals surface area contributed by atoms with Gasteiger partial charge in [0.25, 0.3) is 0 Å². The van der Waals surface area contributed by atoms with Crippen LogP contribution in [0.15, 0.2) is 46.5 Å². The average Bonchev–Trinajstić information content (AvgIpc) is 2.32. The summed E-state index contributed by atoms with van der Waals surface area (Å²) in [5.74, 6) is 0. The second kappa shape index (κ2) is 5.22. The van der Waals surface area contributed by atoms with Gasteiger partial charge in [-0.3, -0.25) is 0 Å². The second-order valence-electron chi connectivity index (χ2n) is 3.53. The van der Waals surface area contributed by atoms with Crippen molar-refractivity contribution in [2.24, 2.45) is 0 Å². The van der Waals surface area contributed by atoms with Crippen molar-refractivity contribution in [1.82, 2.24) is 4.98 Å². The summed E-state index contributed by atoms with van der Waals surface area (Å²) in [5, 5.41) is 10.5. The topological polar surface area (TPSA) is 36.7 Å². The van der Waals surface area contributed by atoms with Crippen LogP contribution in [0.1, 0.15) is 11.1 Å². The number of pyridine rings is 1. The van der Waals surface area contributed by atoms with Crippen LogP contribution in [0.5, 0.6) is 0 Å². The summed E-state index contributed by atoms with van der Waals surface area (Å²) < 4.78 is 0. The molecule has 1 aromatic heterocycles. The Bertz CT molecular complexity index is 573. The molecular formula is C13H9ClN2S. The lowest BCUT2D eigenvalue weighted by atomic mass is 10.2. The zero-order valence-electron chi connectivity index (χ0n) is 9.14. The summed E-state index contributed by atoms with van der Waals surface area (Å²) in [6, 6.07) is 11.6. The van der Waals surface area contributed by atoms with E-state index >= 15 is 0 Å². The largest absolute Gasteiger partial charge is 0.248 e. The van der Waals surface area contributed by atoms with E-state index < -0.39 is 0 Å². The first kappa shape index (κ1) is 12.0. The molecule has 2 rings (SSSR count). The monoisotopic (exact) mass is 260 g/mol. The minimum atomic E-state index is 0.610. The van der Waals surface area contributed by atoms with Gasteiger partial charge in [0, 0.05) is 11.1 Å². The molecule has 1 aromatic carbocycles. The molecule has 0 saturated heterocycles. The second-order valence-corrected chi connectivity index (χ2v) is 5.03. The van der Waals surface area contributed by atoms with Gasteiger partial charge in [0.15, 0.2) is 0 Å². The van der Waals surface area contributed by atoms with E-state index in [2.05, 4.69) is 11.1 Å². The predicted octanol–water partition coefficient (Wildman–Crippen LogP) is 4.07. The lowest BCUT2D eigenvalue weighted by Gasteiger charge is -2.04. The first-order valence-corrected chi connectivity index (χ1v) is 6.18. The fraction of sp³-hybridized carbons (Fsp3) is 0.0769. The molecule has 17 heavy (non-hydrogen) atoms. The number of nitrogens with zero attached hydrogens (tertiary/aromatic N) is 2. The summed E-state index contributed by atoms with van der Waals surface area (Å²) in [7, 11) is 0. The van der Waals surface area contributed by atoms with Crippen molar-refractivity contribution in [3.8, 4) is 6.07 Å². The zero-order chi connectivity index (χ0) is 12.3. The molecular weight excluding hydrogens is 252 g/mol. The molecule has 2 aromatic rings. The quantitative estimate of drug-likeness (QED) is 0.817. The van der Waals surface area contributed by atoms with Gasteiger partial charge >= 0.3 is 0 Å². The Morgan fingerprint density at radius 3 is 2.76 bits per heavy atom. The van der Waals surface area contributed by atoms with Crippen LogP contribution in [0.4, 0.5) is 0 Å². The van der Waals surface area contributed by atoms with Gasteiger partial charge in [-0.05, 0) is 36.8 Å². The molecule has 0 atom stereocenters. The van der Waals surface area contributed by atoms with Gasteiger partial charge in [0.05, 0.1) is 10.6 Å². The highest BCUT2D eigenvalue weighted by Gasteiger charge is 2.05. The number of aryl methyl sites for hydroxylation is 1. The number of rotatable bonds is 2. The van der Waals surface area contributed by atoms with Crippen molar-refractivity contribution in [1.29, 1.82) is 5.26 Å². The molecule has 0 saturated carbocycles. The Morgan fingerprint density at radius 2 is 2.12 bits per heavy atom. The molecule has 0 radical (unpaired) electrons. The summed E-state index contributed by atoms with van der Waals surface area (Å²) in [6.07, 6.45) is 1.60. The Labute approximate surface area is 109 Å². The molecule has 0 aliphatic rings. The van der Waals surface area contributed by atoms with Gasteiger partial charge in [-0.25, -0.2) is 4.98 Å². The molecule has 4 heteroatoms. The van der Waals surface area contributed by atoms with Crippen molar-refractivity contribution in [3.05, 3.63) is 52.7 Å². The maximum atomic E-state index is 9.03. The van der Waals surface area contributed by atoms with Gasteiger partial charge in [0.2, 0.25) is 0 Å². The molecule has 0 amide bonds. The van der Waals surface area contributed by atoms with Gasteiger partial charge in [-0.2, -0.15) is 5.26 Å². The molecule has 0 unspecified atom stereocenters. The fourth-order valence-electron chi connectivity index (χ4n) is 1.34. The van der Waals surface area contributed by atoms with Crippen molar-refractivity contribution in [3.63, 3.8) is 0 Å². The third-order valence-corrected chi connectivity index (χ3v) is 3.40. The predicted molar refractivity (Wildman–Crippen MR) is 69.3 cm³/mol. The molecule has 84 valence electrons. The lowest BCUT2D eigenvalue weighted by Crippen LogP contribution is -1.85. The summed E-state index contributed by atoms with van der Waals surface area (Å²) in [4.78, 5) is 5.12. The summed E-state index contributed by atoms with van der Waals surface area (Å²) in [5.41, 5.74) is 1.79. The SMILES string of the molecule is Cc1ccc(C#N)c(Sc2ccc(Cl)cn2)c1. The first-order valence-electron chi connectivity index (χ1n) is 4.99. The minimum absolute atomic E-state index is 0.610. The molecule has 0 spiro atoms. The number of nitriles is 1. The Kier molecular flexibility index (Phi) is 3.68. The molecule has 0 aliphatic carbocycles. The van der Waals surface area contributed by atoms with Crippen molar-refractivity contribution in [2.45, 2.75) is 16.8 Å². The van der Waals surface area contributed by atoms with Gasteiger partial charge in [0.1, 0.15) is 11.1 Å². The third-order valence-electron chi connectivity index (χ3n) is 2.17. The third kappa shape index (κ3) is 3.00. The highest BCUT2D eigenvalue weighted by molar-refractivity contribution is 7.99. The van der Waals surface area contributed by atoms with Crippen molar-refractivity contribution >= 4 is 23.4 Å². The maximum Gasteiger partial charge on any atom is 0.101 e. The molecule has 0 aliphatic heterocycles. The van der Waals surface area contributed by atoms with Crippen LogP contribution in [0.2, 0.25) is 5.02 Å². The molecule has 0 N–H and O–H groups in total. The van der Waals surface area contributed by atoms with E-state index in [4.69, 9.17) is 16.9 Å². The van der Waals surface area contributed by atoms with Crippen LogP contribution in [-0.4, -0.2) is 4.98 Å². The van der Waals surface area contributed by atoms with Crippen LogP contribution in [-0.2, 0) is 0 Å². The van der Waals surface area contributed by atoms with Crippen LogP contribution in [0.25, 0.3) is 0 Å². The molecule has 1 heterocycles. The average molecular weight is 261 g/mol. The number of benzene rings is 1. The zero-order valence-corrected chi connectivity index (χ0v) is 10.7. The summed E-state index contributed by atoms with van der Waals surface area (Å²) >= 11 is 7.24. The van der Waals surface area contributed by atoms with Gasteiger partial charge in [-0.1, -0.05) is 29.4 Å². The molecule has 2 nitrogen and oxygen atoms in total. The van der Waals surface area contributed by atoms with E-state index in [1.165, 1.54) is 11.8 Å². The van der Waals surface area contributed by atoms with E-state index in [-0.39, 0.29) is 0 Å². The standard InChI is InChI=1S/C13H9ClN2S/c1-9-2-3-10(7-15)12(6-9)17-13-5-4-11(14)8-16-13/h2-6,8H,1H3. The van der Waals surface area contributed by atoms with Crippen molar-refractivity contribution in [2.75, 3.05) is 0 Å². The highest BCUT2D eigenvalue weighted by Crippen LogP contribution is 2.30. The van der Waals surface area contributed by atoms with Crippen LogP contribution in [0, 0.1) is 18.3 Å². The normalized spacial score (nSPS) is 9.94.